The molecule has 2 N–H and O–H groups in total. The van der Waals surface area contributed by atoms with Crippen molar-refractivity contribution in [2.45, 2.75) is 37.8 Å². The molecule has 0 amide bonds. The summed E-state index contributed by atoms with van der Waals surface area (Å²) in [6, 6.07) is 0.640. The minimum atomic E-state index is 0.209. The third-order valence-corrected chi connectivity index (χ3v) is 3.10. The van der Waals surface area contributed by atoms with Crippen LogP contribution >= 0.6 is 0 Å². The Labute approximate surface area is 62.4 Å². The molecule has 0 aromatic carbocycles. The van der Waals surface area contributed by atoms with Crippen LogP contribution in [-0.2, 0) is 0 Å². The van der Waals surface area contributed by atoms with Crippen molar-refractivity contribution in [1.29, 1.82) is 0 Å². The Morgan fingerprint density at radius 1 is 1.40 bits per heavy atom. The first-order valence-electron chi connectivity index (χ1n) is 4.25. The number of hydrogen-bond donors (Lipinski definition) is 1. The van der Waals surface area contributed by atoms with Crippen molar-refractivity contribution in [3.8, 4) is 0 Å². The Bertz CT molecular complexity index is 136. The lowest BCUT2D eigenvalue weighted by atomic mass is 10.0. The van der Waals surface area contributed by atoms with E-state index in [1.807, 2.05) is 0 Å². The van der Waals surface area contributed by atoms with E-state index in [1.165, 1.54) is 32.4 Å². The second-order valence-corrected chi connectivity index (χ2v) is 3.80. The highest BCUT2D eigenvalue weighted by Crippen LogP contribution is 2.39. The van der Waals surface area contributed by atoms with E-state index in [1.54, 1.807) is 0 Å². The van der Waals surface area contributed by atoms with Crippen LogP contribution in [0.25, 0.3) is 0 Å². The van der Waals surface area contributed by atoms with Gasteiger partial charge in [-0.15, -0.1) is 0 Å². The molecule has 1 aliphatic carbocycles. The number of hydrogen-bond acceptors (Lipinski definition) is 2. The van der Waals surface area contributed by atoms with E-state index in [2.05, 4.69) is 11.8 Å². The molecule has 0 spiro atoms. The zero-order chi connectivity index (χ0) is 7.19. The molecular formula is C8H16N2. The topological polar surface area (TPSA) is 29.3 Å². The first kappa shape index (κ1) is 6.62. The number of likely N-dealkylation sites (tertiary alicyclic amines) is 1. The molecule has 2 fully saturated rings. The monoisotopic (exact) mass is 140 g/mol. The molecule has 0 aromatic heterocycles. The van der Waals surface area contributed by atoms with Crippen LogP contribution in [0.2, 0.25) is 0 Å². The first-order valence-corrected chi connectivity index (χ1v) is 4.25. The summed E-state index contributed by atoms with van der Waals surface area (Å²) in [6.07, 6.45) is 3.86. The molecule has 0 radical (unpaired) electrons. The fourth-order valence-corrected chi connectivity index (χ4v) is 1.65. The Kier molecular flexibility index (Phi) is 1.29. The SMILES string of the molecule is CC(N1CCC1)C1(N)CC1. The van der Waals surface area contributed by atoms with Gasteiger partial charge in [-0.2, -0.15) is 0 Å². The standard InChI is InChI=1S/C8H16N2/c1-7(8(9)3-4-8)10-5-2-6-10/h7H,2-6,9H2,1H3. The smallest absolute Gasteiger partial charge is 0.0310 e. The molecule has 1 saturated heterocycles. The van der Waals surface area contributed by atoms with Crippen molar-refractivity contribution in [1.82, 2.24) is 4.90 Å². The highest BCUT2D eigenvalue weighted by atomic mass is 15.2. The average molecular weight is 140 g/mol. The Hall–Kier alpha value is -0.0800. The predicted octanol–water partition coefficient (Wildman–Crippen LogP) is 0.572. The number of rotatable bonds is 2. The minimum Gasteiger partial charge on any atom is -0.324 e. The molecule has 58 valence electrons. The van der Waals surface area contributed by atoms with Crippen molar-refractivity contribution in [3.63, 3.8) is 0 Å². The Morgan fingerprint density at radius 2 is 2.00 bits per heavy atom. The van der Waals surface area contributed by atoms with Gasteiger partial charge in [0.05, 0.1) is 0 Å². The predicted molar refractivity (Wildman–Crippen MR) is 41.8 cm³/mol. The molecular weight excluding hydrogens is 124 g/mol. The molecule has 2 heteroatoms. The molecule has 1 unspecified atom stereocenters. The van der Waals surface area contributed by atoms with Gasteiger partial charge in [0.15, 0.2) is 0 Å². The van der Waals surface area contributed by atoms with Gasteiger partial charge in [-0.05, 0) is 39.3 Å². The lowest BCUT2D eigenvalue weighted by Crippen LogP contribution is -2.53. The third kappa shape index (κ3) is 0.867. The van der Waals surface area contributed by atoms with Crippen LogP contribution in [-0.4, -0.2) is 29.6 Å². The number of nitrogens with zero attached hydrogens (tertiary/aromatic N) is 1. The fourth-order valence-electron chi connectivity index (χ4n) is 1.65. The van der Waals surface area contributed by atoms with Crippen LogP contribution in [0, 0.1) is 0 Å². The van der Waals surface area contributed by atoms with Crippen molar-refractivity contribution in [2.75, 3.05) is 13.1 Å². The quantitative estimate of drug-likeness (QED) is 0.607. The third-order valence-electron chi connectivity index (χ3n) is 3.10. The molecule has 2 nitrogen and oxygen atoms in total. The van der Waals surface area contributed by atoms with Gasteiger partial charge in [0, 0.05) is 11.6 Å². The van der Waals surface area contributed by atoms with E-state index < -0.39 is 0 Å². The lowest BCUT2D eigenvalue weighted by Gasteiger charge is -2.39. The summed E-state index contributed by atoms with van der Waals surface area (Å²) in [4.78, 5) is 2.49. The summed E-state index contributed by atoms with van der Waals surface area (Å²) in [7, 11) is 0. The van der Waals surface area contributed by atoms with Gasteiger partial charge in [-0.25, -0.2) is 0 Å². The highest BCUT2D eigenvalue weighted by molar-refractivity contribution is 5.07. The summed E-state index contributed by atoms with van der Waals surface area (Å²) in [5.74, 6) is 0. The summed E-state index contributed by atoms with van der Waals surface area (Å²) in [5, 5.41) is 0. The largest absolute Gasteiger partial charge is 0.324 e. The lowest BCUT2D eigenvalue weighted by molar-refractivity contribution is 0.105. The second-order valence-electron chi connectivity index (χ2n) is 3.80. The number of nitrogens with two attached hydrogens (primary N) is 1. The highest BCUT2D eigenvalue weighted by Gasteiger charge is 2.46. The van der Waals surface area contributed by atoms with Gasteiger partial charge in [-0.1, -0.05) is 0 Å². The second kappa shape index (κ2) is 1.95. The summed E-state index contributed by atoms with van der Waals surface area (Å²) < 4.78 is 0. The van der Waals surface area contributed by atoms with Crippen LogP contribution in [0.3, 0.4) is 0 Å². The van der Waals surface area contributed by atoms with Crippen molar-refractivity contribution in [2.24, 2.45) is 5.73 Å². The van der Waals surface area contributed by atoms with Crippen LogP contribution < -0.4 is 5.73 Å². The molecule has 0 bridgehead atoms. The van der Waals surface area contributed by atoms with Crippen LogP contribution in [0.4, 0.5) is 0 Å². The van der Waals surface area contributed by atoms with Gasteiger partial charge in [-0.3, -0.25) is 4.90 Å². The molecule has 2 rings (SSSR count). The van der Waals surface area contributed by atoms with E-state index in [-0.39, 0.29) is 5.54 Å². The zero-order valence-electron chi connectivity index (χ0n) is 6.64. The van der Waals surface area contributed by atoms with Crippen LogP contribution in [0.15, 0.2) is 0 Å². The normalized spacial score (nSPS) is 33.0. The molecule has 1 atom stereocenters. The Balaban J connectivity index is 1.91. The minimum absolute atomic E-state index is 0.209. The summed E-state index contributed by atoms with van der Waals surface area (Å²) in [5.41, 5.74) is 6.27. The van der Waals surface area contributed by atoms with Gasteiger partial charge in [0.25, 0.3) is 0 Å². The van der Waals surface area contributed by atoms with E-state index in [0.29, 0.717) is 6.04 Å². The van der Waals surface area contributed by atoms with Crippen LogP contribution in [0.1, 0.15) is 26.2 Å². The van der Waals surface area contributed by atoms with E-state index in [9.17, 15) is 0 Å². The van der Waals surface area contributed by atoms with Crippen molar-refractivity contribution >= 4 is 0 Å². The zero-order valence-corrected chi connectivity index (χ0v) is 6.64. The van der Waals surface area contributed by atoms with Gasteiger partial charge < -0.3 is 5.73 Å². The van der Waals surface area contributed by atoms with E-state index in [0.717, 1.165) is 0 Å². The first-order chi connectivity index (χ1) is 4.72. The molecule has 1 aliphatic heterocycles. The summed E-state index contributed by atoms with van der Waals surface area (Å²) >= 11 is 0. The fraction of sp³-hybridized carbons (Fsp3) is 1.00. The van der Waals surface area contributed by atoms with Gasteiger partial charge in [0.2, 0.25) is 0 Å². The summed E-state index contributed by atoms with van der Waals surface area (Å²) in [6.45, 7) is 4.83. The van der Waals surface area contributed by atoms with E-state index >= 15 is 0 Å². The molecule has 1 saturated carbocycles. The van der Waals surface area contributed by atoms with Crippen LogP contribution in [0.5, 0.6) is 0 Å². The molecule has 1 heterocycles. The van der Waals surface area contributed by atoms with Gasteiger partial charge >= 0.3 is 0 Å². The molecule has 2 aliphatic rings. The van der Waals surface area contributed by atoms with Gasteiger partial charge in [0.1, 0.15) is 0 Å². The molecule has 10 heavy (non-hydrogen) atoms. The Morgan fingerprint density at radius 3 is 2.30 bits per heavy atom. The molecule has 0 aromatic rings. The maximum Gasteiger partial charge on any atom is 0.0310 e. The maximum atomic E-state index is 6.06. The maximum absolute atomic E-state index is 6.06. The average Bonchev–Trinajstić information content (AvgIpc) is 2.44. The van der Waals surface area contributed by atoms with Crippen molar-refractivity contribution < 1.29 is 0 Å². The van der Waals surface area contributed by atoms with Crippen molar-refractivity contribution in [3.05, 3.63) is 0 Å². The van der Waals surface area contributed by atoms with E-state index in [4.69, 9.17) is 5.73 Å².